The van der Waals surface area contributed by atoms with Gasteiger partial charge in [0.15, 0.2) is 6.10 Å². The highest BCUT2D eigenvalue weighted by atomic mass is 16.5. The third-order valence-electron chi connectivity index (χ3n) is 4.70. The van der Waals surface area contributed by atoms with Crippen molar-refractivity contribution in [3.63, 3.8) is 0 Å². The monoisotopic (exact) mass is 422 g/mol. The molecule has 2 heterocycles. The molecule has 0 spiro atoms. The molecule has 0 fully saturated rings. The molecule has 1 N–H and O–H groups in total. The van der Waals surface area contributed by atoms with Crippen molar-refractivity contribution in [2.75, 3.05) is 7.11 Å². The van der Waals surface area contributed by atoms with Crippen molar-refractivity contribution >= 4 is 17.7 Å². The second kappa shape index (κ2) is 9.25. The Hall–Kier alpha value is -3.94. The lowest BCUT2D eigenvalue weighted by Crippen LogP contribution is -2.25. The van der Waals surface area contributed by atoms with Crippen LogP contribution in [0.15, 0.2) is 48.8 Å². The lowest BCUT2D eigenvalue weighted by Gasteiger charge is -2.14. The topological polar surface area (TPSA) is 108 Å². The number of nitrogens with one attached hydrogen (secondary N) is 1. The summed E-state index contributed by atoms with van der Waals surface area (Å²) < 4.78 is 15.9. The number of ether oxygens (including phenoxy) is 3. The van der Waals surface area contributed by atoms with Gasteiger partial charge in [0.25, 0.3) is 0 Å². The van der Waals surface area contributed by atoms with E-state index in [0.717, 1.165) is 0 Å². The van der Waals surface area contributed by atoms with E-state index in [1.165, 1.54) is 20.2 Å². The molecule has 0 aliphatic heterocycles. The average Bonchev–Trinajstić information content (AvgIpc) is 3.07. The lowest BCUT2D eigenvalue weighted by molar-refractivity contribution is 0.0314. The maximum Gasteiger partial charge on any atom is 0.342 e. The first-order valence-electron chi connectivity index (χ1n) is 9.53. The predicted molar refractivity (Wildman–Crippen MR) is 112 cm³/mol. The molecule has 160 valence electrons. The molecule has 2 aromatic heterocycles. The van der Waals surface area contributed by atoms with Crippen LogP contribution in [0.3, 0.4) is 0 Å². The number of aryl methyl sites for hydroxylation is 1. The van der Waals surface area contributed by atoms with Crippen LogP contribution in [0.5, 0.6) is 11.5 Å². The maximum absolute atomic E-state index is 12.9. The molecule has 1 unspecified atom stereocenters. The first kappa shape index (κ1) is 21.8. The van der Waals surface area contributed by atoms with Crippen LogP contribution in [0.25, 0.3) is 0 Å². The molecule has 8 heteroatoms. The fraction of sp³-hybridized carbons (Fsp3) is 0.217. The third kappa shape index (κ3) is 4.63. The summed E-state index contributed by atoms with van der Waals surface area (Å²) in [6.07, 6.45) is 2.03. The summed E-state index contributed by atoms with van der Waals surface area (Å²) in [5.41, 5.74) is 1.59. The van der Waals surface area contributed by atoms with Crippen molar-refractivity contribution in [2.45, 2.75) is 26.9 Å². The number of carbonyl (C=O) groups excluding carboxylic acids is 3. The number of methoxy groups -OCH3 is 1. The molecule has 1 aromatic carbocycles. The molecule has 0 saturated carbocycles. The number of benzene rings is 1. The molecular formula is C23H22N2O6. The fourth-order valence-corrected chi connectivity index (χ4v) is 3.14. The van der Waals surface area contributed by atoms with Gasteiger partial charge in [0.2, 0.25) is 5.78 Å². The number of ketones is 1. The zero-order valence-electron chi connectivity index (χ0n) is 17.6. The van der Waals surface area contributed by atoms with Crippen LogP contribution >= 0.6 is 0 Å². The van der Waals surface area contributed by atoms with Gasteiger partial charge in [-0.1, -0.05) is 12.1 Å². The summed E-state index contributed by atoms with van der Waals surface area (Å²) in [5, 5.41) is 0. The quantitative estimate of drug-likeness (QED) is 0.452. The van der Waals surface area contributed by atoms with Gasteiger partial charge in [-0.15, -0.1) is 0 Å². The van der Waals surface area contributed by atoms with Gasteiger partial charge in [-0.3, -0.25) is 9.78 Å². The Kier molecular flexibility index (Phi) is 6.49. The van der Waals surface area contributed by atoms with Crippen molar-refractivity contribution in [2.24, 2.45) is 0 Å². The highest BCUT2D eigenvalue weighted by Crippen LogP contribution is 2.26. The third-order valence-corrected chi connectivity index (χ3v) is 4.70. The van der Waals surface area contributed by atoms with Crippen molar-refractivity contribution < 1.29 is 28.6 Å². The van der Waals surface area contributed by atoms with E-state index in [4.69, 9.17) is 14.2 Å². The predicted octanol–water partition coefficient (Wildman–Crippen LogP) is 4.03. The molecule has 3 rings (SSSR count). The van der Waals surface area contributed by atoms with E-state index in [-0.39, 0.29) is 17.0 Å². The minimum atomic E-state index is -1.10. The SMILES string of the molecule is COC(=O)c1c(C)[nH]c(C(=O)C(C)OC(=O)c2ccccc2Oc2cccnc2)c1C. The van der Waals surface area contributed by atoms with E-state index < -0.39 is 23.8 Å². The number of aromatic amines is 1. The van der Waals surface area contributed by atoms with Gasteiger partial charge < -0.3 is 19.2 Å². The number of aromatic nitrogens is 2. The molecule has 0 radical (unpaired) electrons. The molecule has 8 nitrogen and oxygen atoms in total. The Morgan fingerprint density at radius 1 is 1.03 bits per heavy atom. The number of pyridine rings is 1. The summed E-state index contributed by atoms with van der Waals surface area (Å²) in [4.78, 5) is 44.5. The van der Waals surface area contributed by atoms with Crippen molar-refractivity contribution in [1.29, 1.82) is 0 Å². The van der Waals surface area contributed by atoms with Crippen LogP contribution in [-0.2, 0) is 9.47 Å². The molecule has 0 bridgehead atoms. The average molecular weight is 422 g/mol. The number of rotatable bonds is 7. The molecule has 0 aliphatic rings. The van der Waals surface area contributed by atoms with Crippen LogP contribution in [0.2, 0.25) is 0 Å². The fourth-order valence-electron chi connectivity index (χ4n) is 3.14. The summed E-state index contributed by atoms with van der Waals surface area (Å²) >= 11 is 0. The molecule has 31 heavy (non-hydrogen) atoms. The van der Waals surface area contributed by atoms with Crippen molar-refractivity contribution in [3.8, 4) is 11.5 Å². The smallest absolute Gasteiger partial charge is 0.342 e. The highest BCUT2D eigenvalue weighted by Gasteiger charge is 2.28. The van der Waals surface area contributed by atoms with E-state index in [0.29, 0.717) is 22.6 Å². The van der Waals surface area contributed by atoms with Gasteiger partial charge in [-0.25, -0.2) is 9.59 Å². The van der Waals surface area contributed by atoms with Gasteiger partial charge in [0.05, 0.1) is 24.6 Å². The summed E-state index contributed by atoms with van der Waals surface area (Å²) in [6, 6.07) is 9.97. The van der Waals surface area contributed by atoms with Crippen LogP contribution in [-0.4, -0.2) is 40.9 Å². The molecular weight excluding hydrogens is 400 g/mol. The summed E-state index contributed by atoms with van der Waals surface area (Å²) in [7, 11) is 1.27. The number of carbonyl (C=O) groups is 3. The number of hydrogen-bond acceptors (Lipinski definition) is 7. The van der Waals surface area contributed by atoms with E-state index in [9.17, 15) is 14.4 Å². The van der Waals surface area contributed by atoms with Crippen LogP contribution in [0.4, 0.5) is 0 Å². The largest absolute Gasteiger partial charge is 0.465 e. The zero-order valence-corrected chi connectivity index (χ0v) is 17.6. The van der Waals surface area contributed by atoms with Gasteiger partial charge in [0.1, 0.15) is 17.1 Å². The number of para-hydroxylation sites is 1. The lowest BCUT2D eigenvalue weighted by atomic mass is 10.1. The molecule has 0 amide bonds. The van der Waals surface area contributed by atoms with Gasteiger partial charge in [0, 0.05) is 11.9 Å². The molecule has 0 saturated heterocycles. The summed E-state index contributed by atoms with van der Waals surface area (Å²) in [5.74, 6) is -0.986. The normalized spacial score (nSPS) is 11.5. The number of esters is 2. The first-order valence-corrected chi connectivity index (χ1v) is 9.53. The minimum absolute atomic E-state index is 0.167. The van der Waals surface area contributed by atoms with Crippen molar-refractivity contribution in [1.82, 2.24) is 9.97 Å². The summed E-state index contributed by atoms with van der Waals surface area (Å²) in [6.45, 7) is 4.77. The number of nitrogens with zero attached hydrogens (tertiary/aromatic N) is 1. The van der Waals surface area contributed by atoms with Crippen LogP contribution in [0, 0.1) is 13.8 Å². The Morgan fingerprint density at radius 3 is 2.45 bits per heavy atom. The van der Waals surface area contributed by atoms with E-state index in [2.05, 4.69) is 9.97 Å². The number of Topliss-reactive ketones (excluding diaryl/α,β-unsaturated/α-hetero) is 1. The van der Waals surface area contributed by atoms with E-state index in [1.807, 2.05) is 0 Å². The Labute approximate surface area is 179 Å². The van der Waals surface area contributed by atoms with Gasteiger partial charge >= 0.3 is 11.9 Å². The molecule has 3 aromatic rings. The Bertz CT molecular complexity index is 1120. The van der Waals surface area contributed by atoms with Crippen LogP contribution in [0.1, 0.15) is 49.4 Å². The Balaban J connectivity index is 1.79. The van der Waals surface area contributed by atoms with Gasteiger partial charge in [-0.05, 0) is 50.6 Å². The minimum Gasteiger partial charge on any atom is -0.465 e. The number of hydrogen-bond donors (Lipinski definition) is 1. The standard InChI is InChI=1S/C23H22N2O6/c1-13-19(23(28)29-4)14(2)25-20(13)21(26)15(3)30-22(27)17-9-5-6-10-18(17)31-16-8-7-11-24-12-16/h5-12,15,25H,1-4H3. The Morgan fingerprint density at radius 2 is 1.77 bits per heavy atom. The molecule has 0 aliphatic carbocycles. The zero-order chi connectivity index (χ0) is 22.5. The van der Waals surface area contributed by atoms with E-state index in [1.54, 1.807) is 56.4 Å². The maximum atomic E-state index is 12.9. The van der Waals surface area contributed by atoms with E-state index >= 15 is 0 Å². The highest BCUT2D eigenvalue weighted by molar-refractivity contribution is 6.04. The van der Waals surface area contributed by atoms with Crippen molar-refractivity contribution in [3.05, 3.63) is 76.9 Å². The van der Waals surface area contributed by atoms with Gasteiger partial charge in [-0.2, -0.15) is 0 Å². The van der Waals surface area contributed by atoms with Crippen LogP contribution < -0.4 is 4.74 Å². The molecule has 1 atom stereocenters. The second-order valence-corrected chi connectivity index (χ2v) is 6.82. The number of H-pyrrole nitrogens is 1. The first-order chi connectivity index (χ1) is 14.8. The second-order valence-electron chi connectivity index (χ2n) is 6.82.